The first-order chi connectivity index (χ1) is 15.3. The first-order valence-electron chi connectivity index (χ1n) is 10.4. The third kappa shape index (κ3) is 5.24. The molecule has 0 aliphatic carbocycles. The molecular formula is C24H24F4N4. The summed E-state index contributed by atoms with van der Waals surface area (Å²) in [7, 11) is 1.78. The Morgan fingerprint density at radius 3 is 2.25 bits per heavy atom. The van der Waals surface area contributed by atoms with Crippen molar-refractivity contribution in [3.63, 3.8) is 0 Å². The molecule has 0 saturated carbocycles. The molecule has 1 aliphatic heterocycles. The highest BCUT2D eigenvalue weighted by Crippen LogP contribution is 2.35. The lowest BCUT2D eigenvalue weighted by Crippen LogP contribution is -2.31. The van der Waals surface area contributed by atoms with Gasteiger partial charge in [-0.25, -0.2) is 14.4 Å². The van der Waals surface area contributed by atoms with Crippen LogP contribution in [0.3, 0.4) is 0 Å². The smallest absolute Gasteiger partial charge is 0.344 e. The maximum absolute atomic E-state index is 13.5. The Bertz CT molecular complexity index is 1010. The number of alkyl halides is 3. The van der Waals surface area contributed by atoms with Crippen molar-refractivity contribution in [3.8, 4) is 0 Å². The van der Waals surface area contributed by atoms with Crippen LogP contribution >= 0.6 is 0 Å². The van der Waals surface area contributed by atoms with Crippen LogP contribution < -0.4 is 4.90 Å². The van der Waals surface area contributed by atoms with Gasteiger partial charge in [0.2, 0.25) is 5.95 Å². The van der Waals surface area contributed by atoms with Crippen molar-refractivity contribution < 1.29 is 17.6 Å². The monoisotopic (exact) mass is 444 g/mol. The Kier molecular flexibility index (Phi) is 6.41. The number of rotatable bonds is 6. The van der Waals surface area contributed by atoms with Crippen LogP contribution in [0.25, 0.3) is 0 Å². The average molecular weight is 444 g/mol. The summed E-state index contributed by atoms with van der Waals surface area (Å²) in [6.07, 6.45) is -2.84. The lowest BCUT2D eigenvalue weighted by molar-refractivity contribution is -0.138. The zero-order valence-electron chi connectivity index (χ0n) is 17.6. The summed E-state index contributed by atoms with van der Waals surface area (Å²) in [6.45, 7) is 2.99. The number of hydrogen-bond donors (Lipinski definition) is 0. The molecule has 1 aliphatic rings. The van der Waals surface area contributed by atoms with Crippen molar-refractivity contribution in [1.82, 2.24) is 14.9 Å². The summed E-state index contributed by atoms with van der Waals surface area (Å²) >= 11 is 0. The third-order valence-electron chi connectivity index (χ3n) is 5.88. The number of halogens is 4. The molecule has 32 heavy (non-hydrogen) atoms. The first-order valence-corrected chi connectivity index (χ1v) is 10.4. The minimum atomic E-state index is -4.46. The van der Waals surface area contributed by atoms with E-state index >= 15 is 0 Å². The predicted octanol–water partition coefficient (Wildman–Crippen LogP) is 4.99. The number of nitrogens with zero attached hydrogens (tertiary/aromatic N) is 4. The second-order valence-electron chi connectivity index (χ2n) is 8.25. The fourth-order valence-electron chi connectivity index (χ4n) is 4.30. The van der Waals surface area contributed by atoms with Gasteiger partial charge in [-0.2, -0.15) is 13.2 Å². The maximum Gasteiger partial charge on any atom is 0.419 e. The fraction of sp³-hybridized carbons (Fsp3) is 0.333. The molecule has 4 rings (SSSR count). The van der Waals surface area contributed by atoms with Crippen LogP contribution in [0.2, 0.25) is 0 Å². The minimum Gasteiger partial charge on any atom is -0.344 e. The van der Waals surface area contributed by atoms with Gasteiger partial charge in [-0.15, -0.1) is 0 Å². The Morgan fingerprint density at radius 2 is 1.62 bits per heavy atom. The molecule has 3 aromatic rings. The van der Waals surface area contributed by atoms with Gasteiger partial charge in [-0.05, 0) is 29.2 Å². The first kappa shape index (κ1) is 22.2. The second-order valence-corrected chi connectivity index (χ2v) is 8.25. The van der Waals surface area contributed by atoms with Gasteiger partial charge in [0.05, 0.1) is 5.56 Å². The highest BCUT2D eigenvalue weighted by Gasteiger charge is 2.35. The molecule has 2 heterocycles. The van der Waals surface area contributed by atoms with Crippen molar-refractivity contribution >= 4 is 5.95 Å². The highest BCUT2D eigenvalue weighted by molar-refractivity contribution is 5.31. The lowest BCUT2D eigenvalue weighted by Gasteiger charge is -2.25. The van der Waals surface area contributed by atoms with E-state index in [-0.39, 0.29) is 23.6 Å². The maximum atomic E-state index is 13.5. The summed E-state index contributed by atoms with van der Waals surface area (Å²) in [4.78, 5) is 12.0. The second kappa shape index (κ2) is 9.24. The Labute approximate surface area is 184 Å². The van der Waals surface area contributed by atoms with Crippen LogP contribution in [-0.2, 0) is 12.7 Å². The average Bonchev–Trinajstić information content (AvgIpc) is 3.16. The van der Waals surface area contributed by atoms with Gasteiger partial charge in [0, 0.05) is 51.5 Å². The van der Waals surface area contributed by atoms with Crippen LogP contribution in [0.4, 0.5) is 23.5 Å². The summed E-state index contributed by atoms with van der Waals surface area (Å²) in [6, 6.07) is 16.7. The Balaban J connectivity index is 1.51. The van der Waals surface area contributed by atoms with Crippen LogP contribution in [-0.4, -0.2) is 41.5 Å². The molecule has 4 nitrogen and oxygen atoms in total. The van der Waals surface area contributed by atoms with Gasteiger partial charge in [0.25, 0.3) is 0 Å². The molecule has 0 radical (unpaired) electrons. The van der Waals surface area contributed by atoms with Gasteiger partial charge in [-0.3, -0.25) is 4.90 Å². The van der Waals surface area contributed by atoms with Gasteiger partial charge in [0.15, 0.2) is 0 Å². The standard InChI is InChI=1S/C24H24F4N4/c1-31(23-29-11-20(12-30-23)24(26,27)28)14-19-15-32(13-17-5-3-2-4-6-17)16-22(19)18-7-9-21(25)10-8-18/h2-12,19,22H,13-16H2,1H3. The van der Waals surface area contributed by atoms with E-state index in [0.29, 0.717) is 6.54 Å². The van der Waals surface area contributed by atoms with E-state index in [4.69, 9.17) is 0 Å². The largest absolute Gasteiger partial charge is 0.419 e. The molecule has 2 unspecified atom stereocenters. The molecule has 1 aromatic heterocycles. The van der Waals surface area contributed by atoms with Gasteiger partial charge in [-0.1, -0.05) is 42.5 Å². The minimum absolute atomic E-state index is 0.163. The molecule has 0 bridgehead atoms. The molecule has 1 fully saturated rings. The van der Waals surface area contributed by atoms with Gasteiger partial charge < -0.3 is 4.90 Å². The quantitative estimate of drug-likeness (QED) is 0.502. The molecule has 168 valence electrons. The van der Waals surface area contributed by atoms with Gasteiger partial charge in [0.1, 0.15) is 5.82 Å². The topological polar surface area (TPSA) is 32.3 Å². The van der Waals surface area contributed by atoms with E-state index in [1.165, 1.54) is 17.7 Å². The molecule has 0 N–H and O–H groups in total. The highest BCUT2D eigenvalue weighted by atomic mass is 19.4. The number of aromatic nitrogens is 2. The lowest BCUT2D eigenvalue weighted by atomic mass is 9.88. The van der Waals surface area contributed by atoms with Crippen molar-refractivity contribution in [2.75, 3.05) is 31.6 Å². The van der Waals surface area contributed by atoms with E-state index in [1.54, 1.807) is 11.9 Å². The van der Waals surface area contributed by atoms with E-state index in [2.05, 4.69) is 27.0 Å². The fourth-order valence-corrected chi connectivity index (χ4v) is 4.30. The van der Waals surface area contributed by atoms with Crippen molar-refractivity contribution in [1.29, 1.82) is 0 Å². The zero-order valence-corrected chi connectivity index (χ0v) is 17.6. The van der Waals surface area contributed by atoms with Gasteiger partial charge >= 0.3 is 6.18 Å². The van der Waals surface area contributed by atoms with Crippen molar-refractivity contribution in [2.24, 2.45) is 5.92 Å². The molecule has 8 heteroatoms. The number of hydrogen-bond acceptors (Lipinski definition) is 4. The zero-order chi connectivity index (χ0) is 22.7. The Hall–Kier alpha value is -3.00. The summed E-state index contributed by atoms with van der Waals surface area (Å²) < 4.78 is 51.9. The van der Waals surface area contributed by atoms with Crippen LogP contribution in [0.15, 0.2) is 67.0 Å². The molecule has 2 aromatic carbocycles. The van der Waals surface area contributed by atoms with E-state index in [0.717, 1.165) is 37.6 Å². The summed E-state index contributed by atoms with van der Waals surface area (Å²) in [5, 5.41) is 0. The van der Waals surface area contributed by atoms with Crippen LogP contribution in [0.5, 0.6) is 0 Å². The summed E-state index contributed by atoms with van der Waals surface area (Å²) in [5.74, 6) is 0.313. The molecular weight excluding hydrogens is 420 g/mol. The number of anilines is 1. The third-order valence-corrected chi connectivity index (χ3v) is 5.88. The van der Waals surface area contributed by atoms with Crippen LogP contribution in [0, 0.1) is 11.7 Å². The Morgan fingerprint density at radius 1 is 0.969 bits per heavy atom. The predicted molar refractivity (Wildman–Crippen MR) is 115 cm³/mol. The molecule has 0 amide bonds. The van der Waals surface area contributed by atoms with E-state index in [1.807, 2.05) is 30.3 Å². The molecule has 2 atom stereocenters. The molecule has 1 saturated heterocycles. The summed E-state index contributed by atoms with van der Waals surface area (Å²) in [5.41, 5.74) is 1.40. The van der Waals surface area contributed by atoms with E-state index < -0.39 is 11.7 Å². The van der Waals surface area contributed by atoms with E-state index in [9.17, 15) is 17.6 Å². The number of benzene rings is 2. The molecule has 0 spiro atoms. The normalized spacial score (nSPS) is 19.3. The van der Waals surface area contributed by atoms with Crippen LogP contribution in [0.1, 0.15) is 22.6 Å². The SMILES string of the molecule is CN(CC1CN(Cc2ccccc2)CC1c1ccc(F)cc1)c1ncc(C(F)(F)F)cn1. The number of likely N-dealkylation sites (tertiary alicyclic amines) is 1. The van der Waals surface area contributed by atoms with Crippen molar-refractivity contribution in [3.05, 3.63) is 89.5 Å². The van der Waals surface area contributed by atoms with Crippen molar-refractivity contribution in [2.45, 2.75) is 18.6 Å².